The number of urea groups is 1. The molecule has 1 aliphatic rings. The number of barbiturate groups is 1. The number of nitrogens with one attached hydrogen (secondary N) is 2. The number of carbonyl (C=O) groups excluding carboxylic acids is 4. The van der Waals surface area contributed by atoms with E-state index in [1.54, 1.807) is 30.3 Å². The molecule has 1 saturated heterocycles. The molecule has 0 radical (unpaired) electrons. The van der Waals surface area contributed by atoms with Gasteiger partial charge >= 0.3 is 6.03 Å². The number of imide groups is 2. The molecule has 194 valence electrons. The highest BCUT2D eigenvalue weighted by molar-refractivity contribution is 6.39. The van der Waals surface area contributed by atoms with Crippen LogP contribution in [0.5, 0.6) is 11.5 Å². The van der Waals surface area contributed by atoms with Gasteiger partial charge in [-0.05, 0) is 66.9 Å². The van der Waals surface area contributed by atoms with Gasteiger partial charge in [-0.15, -0.1) is 0 Å². The van der Waals surface area contributed by atoms with Gasteiger partial charge in [0, 0.05) is 5.69 Å². The maximum atomic E-state index is 13.1. The van der Waals surface area contributed by atoms with Crippen molar-refractivity contribution in [3.8, 4) is 11.5 Å². The first-order valence-electron chi connectivity index (χ1n) is 11.5. The number of anilines is 2. The largest absolute Gasteiger partial charge is 0.493 e. The third-order valence-corrected chi connectivity index (χ3v) is 5.97. The summed E-state index contributed by atoms with van der Waals surface area (Å²) in [7, 11) is 1.39. The Morgan fingerprint density at radius 3 is 2.50 bits per heavy atom. The van der Waals surface area contributed by atoms with E-state index in [-0.39, 0.29) is 28.7 Å². The summed E-state index contributed by atoms with van der Waals surface area (Å²) in [5.41, 5.74) is 2.98. The van der Waals surface area contributed by atoms with Crippen LogP contribution >= 0.6 is 11.6 Å². The first-order valence-corrected chi connectivity index (χ1v) is 11.9. The van der Waals surface area contributed by atoms with E-state index in [1.165, 1.54) is 25.3 Å². The molecule has 0 atom stereocenters. The van der Waals surface area contributed by atoms with Crippen LogP contribution in [0.15, 0.2) is 66.2 Å². The molecule has 0 aromatic heterocycles. The van der Waals surface area contributed by atoms with Crippen molar-refractivity contribution in [2.75, 3.05) is 23.9 Å². The molecule has 0 saturated carbocycles. The molecular weight excluding hydrogens is 510 g/mol. The lowest BCUT2D eigenvalue weighted by atomic mass is 10.1. The van der Waals surface area contributed by atoms with Gasteiger partial charge in [0.15, 0.2) is 18.1 Å². The minimum Gasteiger partial charge on any atom is -0.493 e. The molecule has 9 nitrogen and oxygen atoms in total. The normalized spacial score (nSPS) is 14.4. The number of amides is 5. The zero-order valence-electron chi connectivity index (χ0n) is 20.8. The van der Waals surface area contributed by atoms with Crippen molar-refractivity contribution in [3.05, 3.63) is 87.9 Å². The highest BCUT2D eigenvalue weighted by Crippen LogP contribution is 2.37. The van der Waals surface area contributed by atoms with Crippen LogP contribution in [0.3, 0.4) is 0 Å². The van der Waals surface area contributed by atoms with E-state index in [0.717, 1.165) is 16.0 Å². The third-order valence-electron chi connectivity index (χ3n) is 5.69. The number of aryl methyl sites for hydroxylation is 2. The first-order chi connectivity index (χ1) is 18.2. The molecule has 1 aliphatic heterocycles. The van der Waals surface area contributed by atoms with Crippen molar-refractivity contribution in [2.45, 2.75) is 13.8 Å². The number of ether oxygens (including phenoxy) is 2. The van der Waals surface area contributed by atoms with Crippen LogP contribution in [-0.2, 0) is 14.4 Å². The number of hydrogen-bond acceptors (Lipinski definition) is 6. The molecule has 3 aromatic carbocycles. The van der Waals surface area contributed by atoms with Gasteiger partial charge in [0.25, 0.3) is 17.7 Å². The number of carbonyl (C=O) groups is 4. The SMILES string of the molecule is COc1cc(/C=C2/C(=O)NC(=O)N(c3ccccc3)C2=O)cc(Cl)c1OCC(=O)Nc1cc(C)ccc1C. The molecule has 10 heteroatoms. The second kappa shape index (κ2) is 11.2. The maximum Gasteiger partial charge on any atom is 0.335 e. The van der Waals surface area contributed by atoms with Crippen molar-refractivity contribution in [2.24, 2.45) is 0 Å². The van der Waals surface area contributed by atoms with Crippen LogP contribution in [0, 0.1) is 13.8 Å². The molecule has 38 heavy (non-hydrogen) atoms. The molecule has 3 aromatic rings. The summed E-state index contributed by atoms with van der Waals surface area (Å²) < 4.78 is 11.0. The van der Waals surface area contributed by atoms with Crippen molar-refractivity contribution in [1.82, 2.24) is 5.32 Å². The Hall–Kier alpha value is -4.63. The molecule has 0 spiro atoms. The Labute approximate surface area is 224 Å². The second-order valence-electron chi connectivity index (χ2n) is 8.48. The van der Waals surface area contributed by atoms with Gasteiger partial charge in [-0.1, -0.05) is 41.9 Å². The summed E-state index contributed by atoms with van der Waals surface area (Å²) in [5.74, 6) is -1.72. The van der Waals surface area contributed by atoms with Crippen LogP contribution in [0.1, 0.15) is 16.7 Å². The van der Waals surface area contributed by atoms with E-state index < -0.39 is 23.8 Å². The average molecular weight is 534 g/mol. The van der Waals surface area contributed by atoms with Gasteiger partial charge in [-0.25, -0.2) is 9.69 Å². The summed E-state index contributed by atoms with van der Waals surface area (Å²) >= 11 is 6.43. The van der Waals surface area contributed by atoms with E-state index in [4.69, 9.17) is 21.1 Å². The minimum absolute atomic E-state index is 0.0930. The Kier molecular flexibility index (Phi) is 7.78. The fourth-order valence-electron chi connectivity index (χ4n) is 3.79. The van der Waals surface area contributed by atoms with Crippen LogP contribution in [0.4, 0.5) is 16.2 Å². The molecular formula is C28H24ClN3O6. The highest BCUT2D eigenvalue weighted by Gasteiger charge is 2.36. The number of nitrogens with zero attached hydrogens (tertiary/aromatic N) is 1. The topological polar surface area (TPSA) is 114 Å². The zero-order chi connectivity index (χ0) is 27.4. The first kappa shape index (κ1) is 26.4. The smallest absolute Gasteiger partial charge is 0.335 e. The molecule has 2 N–H and O–H groups in total. The van der Waals surface area contributed by atoms with E-state index >= 15 is 0 Å². The number of hydrogen-bond donors (Lipinski definition) is 2. The van der Waals surface area contributed by atoms with Gasteiger partial charge in [0.2, 0.25) is 0 Å². The van der Waals surface area contributed by atoms with Crippen molar-refractivity contribution in [3.63, 3.8) is 0 Å². The quantitative estimate of drug-likeness (QED) is 0.337. The van der Waals surface area contributed by atoms with Crippen molar-refractivity contribution >= 4 is 52.8 Å². The molecule has 1 heterocycles. The van der Waals surface area contributed by atoms with Crippen molar-refractivity contribution < 1.29 is 28.7 Å². The van der Waals surface area contributed by atoms with Crippen LogP contribution in [0.2, 0.25) is 5.02 Å². The number of halogens is 1. The van der Waals surface area contributed by atoms with Crippen LogP contribution in [0.25, 0.3) is 6.08 Å². The molecule has 5 amide bonds. The Morgan fingerprint density at radius 2 is 1.79 bits per heavy atom. The van der Waals surface area contributed by atoms with Gasteiger partial charge < -0.3 is 14.8 Å². The Morgan fingerprint density at radius 1 is 1.05 bits per heavy atom. The average Bonchev–Trinajstić information content (AvgIpc) is 2.88. The maximum absolute atomic E-state index is 13.1. The number of para-hydroxylation sites is 1. The number of rotatable bonds is 7. The number of methoxy groups -OCH3 is 1. The van der Waals surface area contributed by atoms with E-state index in [1.807, 2.05) is 32.0 Å². The summed E-state index contributed by atoms with van der Waals surface area (Å²) in [6, 6.07) is 16.1. The lowest BCUT2D eigenvalue weighted by Crippen LogP contribution is -2.54. The third kappa shape index (κ3) is 5.68. The molecule has 0 aliphatic carbocycles. The van der Waals surface area contributed by atoms with E-state index in [2.05, 4.69) is 10.6 Å². The standard InChI is InChI=1S/C28H24ClN3O6/c1-16-9-10-17(2)22(11-16)30-24(33)15-38-25-21(29)13-18(14-23(25)37-3)12-20-26(34)31-28(36)32(27(20)35)19-7-5-4-6-8-19/h4-14H,15H2,1-3H3,(H,30,33)(H,31,34,36)/b20-12-. The summed E-state index contributed by atoms with van der Waals surface area (Å²) in [5, 5.41) is 5.07. The second-order valence-corrected chi connectivity index (χ2v) is 8.89. The summed E-state index contributed by atoms with van der Waals surface area (Å²) in [4.78, 5) is 51.3. The van der Waals surface area contributed by atoms with Crippen molar-refractivity contribution in [1.29, 1.82) is 0 Å². The highest BCUT2D eigenvalue weighted by atomic mass is 35.5. The molecule has 0 unspecified atom stereocenters. The zero-order valence-corrected chi connectivity index (χ0v) is 21.6. The summed E-state index contributed by atoms with van der Waals surface area (Å²) in [6.45, 7) is 3.48. The van der Waals surface area contributed by atoms with Gasteiger partial charge in [-0.3, -0.25) is 19.7 Å². The van der Waals surface area contributed by atoms with Gasteiger partial charge in [-0.2, -0.15) is 0 Å². The Balaban J connectivity index is 1.55. The molecule has 4 rings (SSSR count). The van der Waals surface area contributed by atoms with E-state index in [9.17, 15) is 19.2 Å². The monoisotopic (exact) mass is 533 g/mol. The van der Waals surface area contributed by atoms with Crippen LogP contribution < -0.4 is 25.0 Å². The predicted molar refractivity (Wildman–Crippen MR) is 143 cm³/mol. The molecule has 1 fully saturated rings. The fraction of sp³-hybridized carbons (Fsp3) is 0.143. The number of benzene rings is 3. The molecule has 0 bridgehead atoms. The van der Waals surface area contributed by atoms with Gasteiger partial charge in [0.05, 0.1) is 17.8 Å². The predicted octanol–water partition coefficient (Wildman–Crippen LogP) is 4.65. The van der Waals surface area contributed by atoms with Gasteiger partial charge in [0.1, 0.15) is 5.57 Å². The fourth-order valence-corrected chi connectivity index (χ4v) is 4.07. The van der Waals surface area contributed by atoms with E-state index in [0.29, 0.717) is 16.9 Å². The Bertz CT molecular complexity index is 1470. The summed E-state index contributed by atoms with van der Waals surface area (Å²) in [6.07, 6.45) is 1.30. The lowest BCUT2D eigenvalue weighted by molar-refractivity contribution is -0.122. The van der Waals surface area contributed by atoms with Crippen LogP contribution in [-0.4, -0.2) is 37.5 Å². The minimum atomic E-state index is -0.846. The lowest BCUT2D eigenvalue weighted by Gasteiger charge is -2.26.